The highest BCUT2D eigenvalue weighted by Crippen LogP contribution is 2.45. The summed E-state index contributed by atoms with van der Waals surface area (Å²) >= 11 is 0. The van der Waals surface area contributed by atoms with Crippen molar-refractivity contribution in [3.05, 3.63) is 0 Å². The lowest BCUT2D eigenvalue weighted by Gasteiger charge is -2.38. The maximum absolute atomic E-state index is 12.0. The molecule has 2 heteroatoms. The number of fused-ring (bicyclic) bond motifs is 1. The molecule has 0 N–H and O–H groups in total. The number of ketones is 2. The normalized spacial score (nSPS) is 39.1. The van der Waals surface area contributed by atoms with E-state index in [4.69, 9.17) is 0 Å². The molecule has 2 aliphatic rings. The maximum atomic E-state index is 12.0. The minimum Gasteiger partial charge on any atom is -0.300 e. The Kier molecular flexibility index (Phi) is 2.46. The summed E-state index contributed by atoms with van der Waals surface area (Å²) in [5.41, 5.74) is -0.162. The van der Waals surface area contributed by atoms with Crippen molar-refractivity contribution in [1.82, 2.24) is 0 Å². The third-order valence-corrected chi connectivity index (χ3v) is 4.14. The molecule has 0 amide bonds. The molecule has 14 heavy (non-hydrogen) atoms. The van der Waals surface area contributed by atoms with Gasteiger partial charge in [0.25, 0.3) is 0 Å². The second kappa shape index (κ2) is 3.48. The first-order valence-corrected chi connectivity index (χ1v) is 5.68. The largest absolute Gasteiger partial charge is 0.300 e. The summed E-state index contributed by atoms with van der Waals surface area (Å²) < 4.78 is 0. The van der Waals surface area contributed by atoms with Gasteiger partial charge < -0.3 is 0 Å². The molecule has 0 aromatic heterocycles. The summed E-state index contributed by atoms with van der Waals surface area (Å²) in [6.45, 7) is 2.08. The van der Waals surface area contributed by atoms with Gasteiger partial charge in [-0.15, -0.1) is 0 Å². The van der Waals surface area contributed by atoms with Crippen LogP contribution in [0.1, 0.15) is 51.9 Å². The van der Waals surface area contributed by atoms with Crippen LogP contribution in [0.4, 0.5) is 0 Å². The van der Waals surface area contributed by atoms with Gasteiger partial charge in [-0.1, -0.05) is 13.3 Å². The molecule has 0 aromatic rings. The standard InChI is InChI=1S/C12H18O2/c1-12-7-6-10(13)8-9(12)4-2-3-5-11(12)14/h9H,2-8H2,1H3/t9-,12-/m0/s1. The molecule has 78 valence electrons. The summed E-state index contributed by atoms with van der Waals surface area (Å²) in [6, 6.07) is 0. The van der Waals surface area contributed by atoms with E-state index in [9.17, 15) is 9.59 Å². The molecule has 0 bridgehead atoms. The fourth-order valence-electron chi connectivity index (χ4n) is 2.95. The first-order chi connectivity index (χ1) is 6.63. The first kappa shape index (κ1) is 9.88. The Hall–Kier alpha value is -0.660. The van der Waals surface area contributed by atoms with E-state index in [-0.39, 0.29) is 5.41 Å². The Morgan fingerprint density at radius 2 is 2.00 bits per heavy atom. The lowest BCUT2D eigenvalue weighted by molar-refractivity contribution is -0.136. The van der Waals surface area contributed by atoms with Crippen molar-refractivity contribution in [3.63, 3.8) is 0 Å². The summed E-state index contributed by atoms with van der Waals surface area (Å²) in [5.74, 6) is 1.12. The smallest absolute Gasteiger partial charge is 0.139 e. The Labute approximate surface area is 85.1 Å². The van der Waals surface area contributed by atoms with E-state index in [1.165, 1.54) is 0 Å². The van der Waals surface area contributed by atoms with Gasteiger partial charge >= 0.3 is 0 Å². The van der Waals surface area contributed by atoms with Crippen molar-refractivity contribution in [1.29, 1.82) is 0 Å². The van der Waals surface area contributed by atoms with Crippen molar-refractivity contribution >= 4 is 11.6 Å². The van der Waals surface area contributed by atoms with E-state index in [1.54, 1.807) is 0 Å². The second-order valence-electron chi connectivity index (χ2n) is 5.03. The molecule has 0 spiro atoms. The van der Waals surface area contributed by atoms with E-state index in [2.05, 4.69) is 6.92 Å². The van der Waals surface area contributed by atoms with Crippen LogP contribution in [0.5, 0.6) is 0 Å². The zero-order valence-electron chi connectivity index (χ0n) is 8.84. The van der Waals surface area contributed by atoms with Crippen LogP contribution in [-0.2, 0) is 9.59 Å². The minimum atomic E-state index is -0.162. The molecule has 2 aliphatic carbocycles. The average molecular weight is 194 g/mol. The van der Waals surface area contributed by atoms with Gasteiger partial charge in [0.2, 0.25) is 0 Å². The molecular weight excluding hydrogens is 176 g/mol. The van der Waals surface area contributed by atoms with Crippen LogP contribution in [0.2, 0.25) is 0 Å². The zero-order chi connectivity index (χ0) is 10.2. The molecule has 0 saturated heterocycles. The first-order valence-electron chi connectivity index (χ1n) is 5.68. The highest BCUT2D eigenvalue weighted by molar-refractivity contribution is 5.89. The van der Waals surface area contributed by atoms with Crippen molar-refractivity contribution < 1.29 is 9.59 Å². The third-order valence-electron chi connectivity index (χ3n) is 4.14. The lowest BCUT2D eigenvalue weighted by atomic mass is 9.64. The average Bonchev–Trinajstić information content (AvgIpc) is 2.29. The predicted molar refractivity (Wildman–Crippen MR) is 53.9 cm³/mol. The highest BCUT2D eigenvalue weighted by Gasteiger charge is 2.44. The van der Waals surface area contributed by atoms with Crippen molar-refractivity contribution in [2.45, 2.75) is 51.9 Å². The number of carbonyl (C=O) groups is 2. The molecule has 0 radical (unpaired) electrons. The number of hydrogen-bond acceptors (Lipinski definition) is 2. The summed E-state index contributed by atoms with van der Waals surface area (Å²) in [4.78, 5) is 23.3. The molecule has 2 fully saturated rings. The monoisotopic (exact) mass is 194 g/mol. The molecule has 2 atom stereocenters. The molecule has 0 aliphatic heterocycles. The number of Topliss-reactive ketones (excluding diaryl/α,β-unsaturated/α-hetero) is 2. The van der Waals surface area contributed by atoms with Gasteiger partial charge in [0, 0.05) is 24.7 Å². The Balaban J connectivity index is 2.24. The van der Waals surface area contributed by atoms with Crippen LogP contribution in [0, 0.1) is 11.3 Å². The van der Waals surface area contributed by atoms with E-state index in [0.29, 0.717) is 30.3 Å². The minimum absolute atomic E-state index is 0.162. The fourth-order valence-corrected chi connectivity index (χ4v) is 2.95. The molecule has 0 aromatic carbocycles. The van der Waals surface area contributed by atoms with Gasteiger partial charge in [-0.3, -0.25) is 9.59 Å². The van der Waals surface area contributed by atoms with E-state index >= 15 is 0 Å². The van der Waals surface area contributed by atoms with Crippen molar-refractivity contribution in [2.24, 2.45) is 11.3 Å². The summed E-state index contributed by atoms with van der Waals surface area (Å²) in [7, 11) is 0. The maximum Gasteiger partial charge on any atom is 0.139 e. The zero-order valence-corrected chi connectivity index (χ0v) is 8.84. The van der Waals surface area contributed by atoms with Crippen LogP contribution in [0.15, 0.2) is 0 Å². The highest BCUT2D eigenvalue weighted by atomic mass is 16.1. The summed E-state index contributed by atoms with van der Waals surface area (Å²) in [6.07, 6.45) is 6.05. The van der Waals surface area contributed by atoms with Crippen LogP contribution < -0.4 is 0 Å². The molecule has 0 heterocycles. The number of rotatable bonds is 0. The molecular formula is C12H18O2. The van der Waals surface area contributed by atoms with E-state index < -0.39 is 0 Å². The number of hydrogen-bond donors (Lipinski definition) is 0. The van der Waals surface area contributed by atoms with E-state index in [0.717, 1.165) is 32.1 Å². The van der Waals surface area contributed by atoms with Gasteiger partial charge in [0.1, 0.15) is 11.6 Å². The van der Waals surface area contributed by atoms with Crippen LogP contribution in [0.3, 0.4) is 0 Å². The van der Waals surface area contributed by atoms with Crippen molar-refractivity contribution in [3.8, 4) is 0 Å². The second-order valence-corrected chi connectivity index (χ2v) is 5.03. The quantitative estimate of drug-likeness (QED) is 0.593. The Morgan fingerprint density at radius 1 is 1.21 bits per heavy atom. The van der Waals surface area contributed by atoms with Crippen LogP contribution in [-0.4, -0.2) is 11.6 Å². The molecule has 2 nitrogen and oxygen atoms in total. The van der Waals surface area contributed by atoms with Crippen LogP contribution in [0.25, 0.3) is 0 Å². The lowest BCUT2D eigenvalue weighted by Crippen LogP contribution is -2.39. The topological polar surface area (TPSA) is 34.1 Å². The van der Waals surface area contributed by atoms with Gasteiger partial charge in [0.05, 0.1) is 0 Å². The Morgan fingerprint density at radius 3 is 2.79 bits per heavy atom. The van der Waals surface area contributed by atoms with Gasteiger partial charge in [-0.2, -0.15) is 0 Å². The SMILES string of the molecule is C[C@]12CCC(=O)C[C@@H]1CCCCC2=O. The molecule has 0 unspecified atom stereocenters. The van der Waals surface area contributed by atoms with Gasteiger partial charge in [0.15, 0.2) is 0 Å². The Bertz CT molecular complexity index is 269. The molecule has 2 saturated carbocycles. The van der Waals surface area contributed by atoms with E-state index in [1.807, 2.05) is 0 Å². The fraction of sp³-hybridized carbons (Fsp3) is 0.833. The predicted octanol–water partition coefficient (Wildman–Crippen LogP) is 2.51. The van der Waals surface area contributed by atoms with Crippen LogP contribution >= 0.6 is 0 Å². The number of carbonyl (C=O) groups excluding carboxylic acids is 2. The van der Waals surface area contributed by atoms with Gasteiger partial charge in [-0.25, -0.2) is 0 Å². The van der Waals surface area contributed by atoms with Gasteiger partial charge in [-0.05, 0) is 25.2 Å². The molecule has 2 rings (SSSR count). The third kappa shape index (κ3) is 1.51. The van der Waals surface area contributed by atoms with Crippen molar-refractivity contribution in [2.75, 3.05) is 0 Å². The summed E-state index contributed by atoms with van der Waals surface area (Å²) in [5, 5.41) is 0.